The summed E-state index contributed by atoms with van der Waals surface area (Å²) in [4.78, 5) is 0. The Labute approximate surface area is 154 Å². The number of pyridine rings is 1. The van der Waals surface area contributed by atoms with Crippen molar-refractivity contribution in [3.05, 3.63) is 77.5 Å². The average Bonchev–Trinajstić information content (AvgIpc) is 2.93. The lowest BCUT2D eigenvalue weighted by Gasteiger charge is -2.11. The van der Waals surface area contributed by atoms with Crippen LogP contribution >= 0.6 is 0 Å². The summed E-state index contributed by atoms with van der Waals surface area (Å²) in [5, 5.41) is 2.71. The second kappa shape index (κ2) is 5.28. The van der Waals surface area contributed by atoms with Crippen molar-refractivity contribution in [3.63, 3.8) is 0 Å². The van der Waals surface area contributed by atoms with Gasteiger partial charge >= 0.3 is 0 Å². The fraction of sp³-hybridized carbons (Fsp3) is 0.160. The van der Waals surface area contributed by atoms with E-state index in [1.54, 1.807) is 0 Å². The van der Waals surface area contributed by atoms with Crippen molar-refractivity contribution < 1.29 is 4.57 Å². The third-order valence-corrected chi connectivity index (χ3v) is 5.85. The van der Waals surface area contributed by atoms with E-state index in [2.05, 4.69) is 93.2 Å². The molecule has 1 aliphatic rings. The molecule has 1 aliphatic carbocycles. The van der Waals surface area contributed by atoms with E-state index >= 15 is 0 Å². The first kappa shape index (κ1) is 15.3. The molecule has 1 heteroatoms. The minimum Gasteiger partial charge on any atom is -0.200 e. The molecule has 0 fully saturated rings. The van der Waals surface area contributed by atoms with Gasteiger partial charge in [-0.05, 0) is 59.9 Å². The molecule has 1 heterocycles. The van der Waals surface area contributed by atoms with Crippen LogP contribution in [-0.4, -0.2) is 0 Å². The fourth-order valence-electron chi connectivity index (χ4n) is 4.45. The first-order valence-electron chi connectivity index (χ1n) is 9.19. The van der Waals surface area contributed by atoms with E-state index in [4.69, 9.17) is 0 Å². The molecule has 1 aromatic heterocycles. The summed E-state index contributed by atoms with van der Waals surface area (Å²) < 4.78 is 2.28. The second-order valence-electron chi connectivity index (χ2n) is 7.56. The van der Waals surface area contributed by atoms with Crippen molar-refractivity contribution >= 4 is 10.8 Å². The Hall–Kier alpha value is -2.93. The van der Waals surface area contributed by atoms with Gasteiger partial charge in [0.25, 0.3) is 0 Å². The van der Waals surface area contributed by atoms with E-state index < -0.39 is 0 Å². The monoisotopic (exact) mass is 336 g/mol. The molecule has 0 aliphatic heterocycles. The third-order valence-electron chi connectivity index (χ3n) is 5.85. The van der Waals surface area contributed by atoms with Gasteiger partial charge in [0.15, 0.2) is 6.20 Å². The summed E-state index contributed by atoms with van der Waals surface area (Å²) in [5.41, 5.74) is 12.0. The van der Waals surface area contributed by atoms with E-state index in [1.165, 1.54) is 61.0 Å². The Morgan fingerprint density at radius 2 is 1.38 bits per heavy atom. The minimum atomic E-state index is 1.28. The Bertz CT molecular complexity index is 1210. The van der Waals surface area contributed by atoms with Crippen LogP contribution in [0.2, 0.25) is 0 Å². The lowest BCUT2D eigenvalue weighted by atomic mass is 9.95. The van der Waals surface area contributed by atoms with Gasteiger partial charge in [-0.25, -0.2) is 4.57 Å². The van der Waals surface area contributed by atoms with Crippen molar-refractivity contribution in [1.82, 2.24) is 0 Å². The van der Waals surface area contributed by atoms with Gasteiger partial charge in [-0.3, -0.25) is 0 Å². The summed E-state index contributed by atoms with van der Waals surface area (Å²) in [7, 11) is 2.16. The summed E-state index contributed by atoms with van der Waals surface area (Å²) in [6, 6.07) is 20.2. The number of fused-ring (bicyclic) bond motifs is 3. The molecular weight excluding hydrogens is 314 g/mol. The van der Waals surface area contributed by atoms with Crippen molar-refractivity contribution in [3.8, 4) is 33.5 Å². The second-order valence-corrected chi connectivity index (χ2v) is 7.56. The van der Waals surface area contributed by atoms with Crippen LogP contribution < -0.4 is 4.57 Å². The van der Waals surface area contributed by atoms with Crippen LogP contribution in [0.25, 0.3) is 44.3 Å². The van der Waals surface area contributed by atoms with Crippen LogP contribution in [0.1, 0.15) is 16.7 Å². The van der Waals surface area contributed by atoms with Gasteiger partial charge in [0.2, 0.25) is 5.69 Å². The van der Waals surface area contributed by atoms with Gasteiger partial charge < -0.3 is 0 Å². The van der Waals surface area contributed by atoms with Crippen LogP contribution in [0, 0.1) is 20.8 Å². The van der Waals surface area contributed by atoms with Gasteiger partial charge in [0.05, 0.1) is 5.56 Å². The maximum absolute atomic E-state index is 2.38. The van der Waals surface area contributed by atoms with Crippen molar-refractivity contribution in [1.29, 1.82) is 0 Å². The Morgan fingerprint density at radius 1 is 0.692 bits per heavy atom. The highest BCUT2D eigenvalue weighted by atomic mass is 14.9. The molecule has 0 saturated carbocycles. The SMILES string of the molecule is Cc1cc(C)c(C)c(-c2cc3c(c[n+]2C)-c2cccc4cccc-3c24)c1. The van der Waals surface area contributed by atoms with E-state index in [0.29, 0.717) is 0 Å². The molecule has 0 amide bonds. The molecule has 4 aromatic rings. The zero-order valence-corrected chi connectivity index (χ0v) is 15.7. The van der Waals surface area contributed by atoms with Crippen LogP contribution in [-0.2, 0) is 7.05 Å². The quantitative estimate of drug-likeness (QED) is 0.335. The van der Waals surface area contributed by atoms with Crippen LogP contribution in [0.4, 0.5) is 0 Å². The highest BCUT2D eigenvalue weighted by molar-refractivity contribution is 6.15. The summed E-state index contributed by atoms with van der Waals surface area (Å²) in [5.74, 6) is 0. The lowest BCUT2D eigenvalue weighted by Crippen LogP contribution is -2.31. The molecule has 0 bridgehead atoms. The largest absolute Gasteiger partial charge is 0.213 e. The molecule has 126 valence electrons. The Morgan fingerprint density at radius 3 is 2.12 bits per heavy atom. The number of nitrogens with zero attached hydrogens (tertiary/aromatic N) is 1. The highest BCUT2D eigenvalue weighted by Gasteiger charge is 2.26. The maximum Gasteiger partial charge on any atom is 0.213 e. The van der Waals surface area contributed by atoms with Gasteiger partial charge in [-0.2, -0.15) is 0 Å². The average molecular weight is 336 g/mol. The Balaban J connectivity index is 1.84. The zero-order valence-electron chi connectivity index (χ0n) is 15.7. The molecule has 0 atom stereocenters. The third kappa shape index (κ3) is 2.00. The van der Waals surface area contributed by atoms with E-state index in [0.717, 1.165) is 0 Å². The van der Waals surface area contributed by atoms with Crippen LogP contribution in [0.5, 0.6) is 0 Å². The summed E-state index contributed by atoms with van der Waals surface area (Å²) >= 11 is 0. The summed E-state index contributed by atoms with van der Waals surface area (Å²) in [6.07, 6.45) is 2.30. The standard InChI is InChI=1S/C25H22N/c1-15-11-16(2)17(3)21(12-15)24-13-22-19-9-5-7-18-8-6-10-20(25(18)19)23(22)14-26(24)4/h5-14H,1-4H3/q+1. The van der Waals surface area contributed by atoms with Crippen LogP contribution in [0.3, 0.4) is 0 Å². The molecule has 0 radical (unpaired) electrons. The number of aromatic nitrogens is 1. The smallest absolute Gasteiger partial charge is 0.200 e. The number of hydrogen-bond donors (Lipinski definition) is 0. The van der Waals surface area contributed by atoms with Crippen molar-refractivity contribution in [2.45, 2.75) is 20.8 Å². The number of hydrogen-bond acceptors (Lipinski definition) is 0. The molecule has 3 aromatic carbocycles. The minimum absolute atomic E-state index is 1.28. The molecular formula is C25H22N+. The van der Waals surface area contributed by atoms with Crippen LogP contribution in [0.15, 0.2) is 60.8 Å². The highest BCUT2D eigenvalue weighted by Crippen LogP contribution is 2.47. The molecule has 0 unspecified atom stereocenters. The van der Waals surface area contributed by atoms with Gasteiger partial charge in [0.1, 0.15) is 7.05 Å². The van der Waals surface area contributed by atoms with E-state index in [1.807, 2.05) is 0 Å². The number of benzene rings is 3. The van der Waals surface area contributed by atoms with Crippen molar-refractivity contribution in [2.75, 3.05) is 0 Å². The molecule has 5 rings (SSSR count). The first-order chi connectivity index (χ1) is 12.5. The van der Waals surface area contributed by atoms with E-state index in [-0.39, 0.29) is 0 Å². The molecule has 0 saturated heterocycles. The maximum atomic E-state index is 2.38. The molecule has 0 N–H and O–H groups in total. The van der Waals surface area contributed by atoms with Gasteiger partial charge in [-0.1, -0.05) is 48.0 Å². The van der Waals surface area contributed by atoms with Gasteiger partial charge in [-0.15, -0.1) is 0 Å². The summed E-state index contributed by atoms with van der Waals surface area (Å²) in [6.45, 7) is 6.61. The lowest BCUT2D eigenvalue weighted by molar-refractivity contribution is -0.659. The molecule has 0 spiro atoms. The molecule has 1 nitrogen and oxygen atoms in total. The molecule has 26 heavy (non-hydrogen) atoms. The first-order valence-corrected chi connectivity index (χ1v) is 9.19. The van der Waals surface area contributed by atoms with E-state index in [9.17, 15) is 0 Å². The predicted octanol–water partition coefficient (Wildman–Crippen LogP) is 5.90. The fourth-order valence-corrected chi connectivity index (χ4v) is 4.45. The van der Waals surface area contributed by atoms with Gasteiger partial charge in [0, 0.05) is 17.2 Å². The number of aryl methyl sites for hydroxylation is 3. The number of rotatable bonds is 1. The van der Waals surface area contributed by atoms with Crippen molar-refractivity contribution in [2.24, 2.45) is 7.05 Å². The zero-order chi connectivity index (χ0) is 18.0. The normalized spacial score (nSPS) is 11.8. The Kier molecular flexibility index (Phi) is 3.12. The predicted molar refractivity (Wildman–Crippen MR) is 109 cm³/mol. The topological polar surface area (TPSA) is 3.88 Å².